The molecular formula is C34H40N4O. The highest BCUT2D eigenvalue weighted by atomic mass is 16.1. The number of carbonyl (C=O) groups is 1. The number of aryl methyl sites for hydroxylation is 3. The summed E-state index contributed by atoms with van der Waals surface area (Å²) in [6.45, 7) is 13.2. The monoisotopic (exact) mass is 520 g/mol. The van der Waals surface area contributed by atoms with Crippen LogP contribution in [0.4, 0.5) is 5.69 Å². The van der Waals surface area contributed by atoms with E-state index in [0.717, 1.165) is 55.8 Å². The zero-order valence-electron chi connectivity index (χ0n) is 23.4. The van der Waals surface area contributed by atoms with E-state index in [1.54, 1.807) is 0 Å². The number of carbonyl (C=O) groups excluding carboxylic acids is 1. The van der Waals surface area contributed by atoms with Gasteiger partial charge < -0.3 is 15.1 Å². The van der Waals surface area contributed by atoms with Crippen molar-refractivity contribution in [3.8, 4) is 0 Å². The predicted molar refractivity (Wildman–Crippen MR) is 159 cm³/mol. The maximum absolute atomic E-state index is 13.1. The number of hydrogen-bond acceptors (Lipinski definition) is 4. The molecule has 5 heteroatoms. The third kappa shape index (κ3) is 5.07. The van der Waals surface area contributed by atoms with Crippen molar-refractivity contribution >= 4 is 17.3 Å². The minimum atomic E-state index is 0.0169. The highest BCUT2D eigenvalue weighted by Gasteiger charge is 2.38. The number of aromatic nitrogens is 1. The fourth-order valence-corrected chi connectivity index (χ4v) is 7.02. The maximum atomic E-state index is 13.1. The Bertz CT molecular complexity index is 1360. The van der Waals surface area contributed by atoms with Crippen LogP contribution in [0.3, 0.4) is 0 Å². The van der Waals surface area contributed by atoms with E-state index in [4.69, 9.17) is 0 Å². The minimum absolute atomic E-state index is 0.0169. The molecule has 1 aliphatic carbocycles. The zero-order chi connectivity index (χ0) is 27.0. The molecule has 2 fully saturated rings. The third-order valence-corrected chi connectivity index (χ3v) is 9.63. The molecule has 3 aromatic rings. The first-order chi connectivity index (χ1) is 18.9. The lowest BCUT2D eigenvalue weighted by Gasteiger charge is -2.48. The standard InChI is InChI=1S/C34H40N4O/c1-24-6-4-5-7-29(24)33(39)36-32-9-8-27-22-25(2)30(23-31(27)32)26(3)37-18-12-34(13-19-37)14-20-38(21-15-34)28-10-16-35-17-11-28/h4-7,10-11,16-17,22-23,32H,3,8-9,12-15,18-21H2,1-2H3,(H,36,39). The van der Waals surface area contributed by atoms with Crippen molar-refractivity contribution in [1.82, 2.24) is 15.2 Å². The van der Waals surface area contributed by atoms with Gasteiger partial charge in [0.05, 0.1) is 6.04 Å². The van der Waals surface area contributed by atoms with Crippen molar-refractivity contribution < 1.29 is 4.79 Å². The van der Waals surface area contributed by atoms with Gasteiger partial charge in [-0.2, -0.15) is 0 Å². The lowest BCUT2D eigenvalue weighted by atomic mass is 9.71. The third-order valence-electron chi connectivity index (χ3n) is 9.63. The lowest BCUT2D eigenvalue weighted by Crippen LogP contribution is -2.46. The van der Waals surface area contributed by atoms with Gasteiger partial charge in [-0.15, -0.1) is 0 Å². The Morgan fingerprint density at radius 3 is 2.33 bits per heavy atom. The number of likely N-dealkylation sites (tertiary alicyclic amines) is 1. The number of rotatable bonds is 5. The molecule has 2 aliphatic heterocycles. The first kappa shape index (κ1) is 25.7. The number of piperidine rings is 2. The van der Waals surface area contributed by atoms with Crippen LogP contribution in [-0.2, 0) is 6.42 Å². The highest BCUT2D eigenvalue weighted by molar-refractivity contribution is 5.96. The van der Waals surface area contributed by atoms with Crippen LogP contribution in [0, 0.1) is 19.3 Å². The SMILES string of the molecule is C=C(c1cc2c(cc1C)CCC2NC(=O)c1ccccc1C)N1CCC2(CC1)CCN(c1ccncc1)CC2. The van der Waals surface area contributed by atoms with E-state index in [2.05, 4.69) is 57.9 Å². The van der Waals surface area contributed by atoms with Gasteiger partial charge >= 0.3 is 0 Å². The Balaban J connectivity index is 1.11. The molecule has 2 aromatic carbocycles. The summed E-state index contributed by atoms with van der Waals surface area (Å²) in [6.07, 6.45) is 10.7. The molecule has 5 nitrogen and oxygen atoms in total. The van der Waals surface area contributed by atoms with Gasteiger partial charge in [-0.3, -0.25) is 9.78 Å². The zero-order valence-corrected chi connectivity index (χ0v) is 23.4. The molecule has 202 valence electrons. The van der Waals surface area contributed by atoms with Gasteiger partial charge in [0.1, 0.15) is 0 Å². The number of pyridine rings is 1. The van der Waals surface area contributed by atoms with E-state index >= 15 is 0 Å². The van der Waals surface area contributed by atoms with E-state index < -0.39 is 0 Å². The molecule has 0 saturated carbocycles. The molecule has 1 amide bonds. The Labute approximate surface area is 232 Å². The number of amides is 1. The number of nitrogens with zero attached hydrogens (tertiary/aromatic N) is 3. The van der Waals surface area contributed by atoms with Gasteiger partial charge in [-0.1, -0.05) is 30.8 Å². The van der Waals surface area contributed by atoms with E-state index in [-0.39, 0.29) is 11.9 Å². The number of anilines is 1. The van der Waals surface area contributed by atoms with Gasteiger partial charge in [0.2, 0.25) is 0 Å². The summed E-state index contributed by atoms with van der Waals surface area (Å²) in [5.41, 5.74) is 9.80. The Kier molecular flexibility index (Phi) is 6.92. The second kappa shape index (κ2) is 10.5. The molecule has 0 radical (unpaired) electrons. The molecule has 3 aliphatic rings. The van der Waals surface area contributed by atoms with Crippen LogP contribution in [0.15, 0.2) is 67.5 Å². The predicted octanol–water partition coefficient (Wildman–Crippen LogP) is 6.47. The fraction of sp³-hybridized carbons (Fsp3) is 0.412. The summed E-state index contributed by atoms with van der Waals surface area (Å²) in [6, 6.07) is 16.8. The summed E-state index contributed by atoms with van der Waals surface area (Å²) in [5, 5.41) is 3.32. The Morgan fingerprint density at radius 2 is 1.62 bits per heavy atom. The molecule has 1 aromatic heterocycles. The van der Waals surface area contributed by atoms with E-state index in [1.165, 1.54) is 53.6 Å². The lowest BCUT2D eigenvalue weighted by molar-refractivity contribution is 0.0936. The van der Waals surface area contributed by atoms with Gasteiger partial charge in [0, 0.05) is 61.1 Å². The summed E-state index contributed by atoms with van der Waals surface area (Å²) < 4.78 is 0. The van der Waals surface area contributed by atoms with Crippen molar-refractivity contribution in [2.75, 3.05) is 31.1 Å². The molecule has 0 bridgehead atoms. The average Bonchev–Trinajstić information content (AvgIpc) is 3.34. The molecule has 1 spiro atoms. The molecule has 1 atom stereocenters. The average molecular weight is 521 g/mol. The van der Waals surface area contributed by atoms with Gasteiger partial charge in [-0.05, 0) is 104 Å². The summed E-state index contributed by atoms with van der Waals surface area (Å²) in [5.74, 6) is 0.0169. The van der Waals surface area contributed by atoms with Crippen LogP contribution in [0.25, 0.3) is 5.70 Å². The molecule has 1 N–H and O–H groups in total. The van der Waals surface area contributed by atoms with Crippen LogP contribution in [0.5, 0.6) is 0 Å². The van der Waals surface area contributed by atoms with Crippen LogP contribution in [0.2, 0.25) is 0 Å². The number of fused-ring (bicyclic) bond motifs is 1. The number of benzene rings is 2. The molecule has 3 heterocycles. The fourth-order valence-electron chi connectivity index (χ4n) is 7.02. The normalized spacial score (nSPS) is 20.1. The van der Waals surface area contributed by atoms with Crippen LogP contribution >= 0.6 is 0 Å². The molecule has 6 rings (SSSR count). The summed E-state index contributed by atoms with van der Waals surface area (Å²) >= 11 is 0. The molecule has 39 heavy (non-hydrogen) atoms. The second-order valence-corrected chi connectivity index (χ2v) is 11.9. The molecule has 2 saturated heterocycles. The van der Waals surface area contributed by atoms with Crippen molar-refractivity contribution in [3.05, 3.63) is 101 Å². The van der Waals surface area contributed by atoms with Crippen molar-refractivity contribution in [1.29, 1.82) is 0 Å². The summed E-state index contributed by atoms with van der Waals surface area (Å²) in [7, 11) is 0. The largest absolute Gasteiger partial charge is 0.371 e. The quantitative estimate of drug-likeness (QED) is 0.419. The van der Waals surface area contributed by atoms with Crippen LogP contribution in [0.1, 0.15) is 76.3 Å². The Hall–Kier alpha value is -3.60. The maximum Gasteiger partial charge on any atom is 0.252 e. The Morgan fingerprint density at radius 1 is 0.923 bits per heavy atom. The van der Waals surface area contributed by atoms with Gasteiger partial charge in [-0.25, -0.2) is 0 Å². The molecular weight excluding hydrogens is 480 g/mol. The molecule has 1 unspecified atom stereocenters. The van der Waals surface area contributed by atoms with Crippen molar-refractivity contribution in [3.63, 3.8) is 0 Å². The van der Waals surface area contributed by atoms with E-state index in [0.29, 0.717) is 5.41 Å². The van der Waals surface area contributed by atoms with E-state index in [9.17, 15) is 4.79 Å². The summed E-state index contributed by atoms with van der Waals surface area (Å²) in [4.78, 5) is 22.3. The topological polar surface area (TPSA) is 48.5 Å². The van der Waals surface area contributed by atoms with Crippen molar-refractivity contribution in [2.24, 2.45) is 5.41 Å². The first-order valence-corrected chi connectivity index (χ1v) is 14.5. The van der Waals surface area contributed by atoms with Crippen molar-refractivity contribution in [2.45, 2.75) is 58.4 Å². The number of nitrogens with one attached hydrogen (secondary N) is 1. The van der Waals surface area contributed by atoms with Gasteiger partial charge in [0.25, 0.3) is 5.91 Å². The first-order valence-electron chi connectivity index (χ1n) is 14.5. The van der Waals surface area contributed by atoms with Gasteiger partial charge in [0.15, 0.2) is 0 Å². The van der Waals surface area contributed by atoms with Crippen LogP contribution in [-0.4, -0.2) is 42.0 Å². The van der Waals surface area contributed by atoms with Crippen LogP contribution < -0.4 is 10.2 Å². The van der Waals surface area contributed by atoms with E-state index in [1.807, 2.05) is 43.6 Å². The second-order valence-electron chi connectivity index (χ2n) is 11.9. The highest BCUT2D eigenvalue weighted by Crippen LogP contribution is 2.44. The minimum Gasteiger partial charge on any atom is -0.371 e. The number of hydrogen-bond donors (Lipinski definition) is 1. The smallest absolute Gasteiger partial charge is 0.252 e.